The third-order valence-electron chi connectivity index (χ3n) is 3.67. The van der Waals surface area contributed by atoms with Crippen LogP contribution in [0.15, 0.2) is 0 Å². The molecular formula is C14H31N3O2S. The first-order valence-electron chi connectivity index (χ1n) is 7.73. The fourth-order valence-electron chi connectivity index (χ4n) is 2.44. The van der Waals surface area contributed by atoms with E-state index in [4.69, 9.17) is 0 Å². The van der Waals surface area contributed by atoms with Gasteiger partial charge in [-0.3, -0.25) is 0 Å². The zero-order valence-electron chi connectivity index (χ0n) is 13.4. The topological polar surface area (TPSA) is 61.4 Å². The van der Waals surface area contributed by atoms with E-state index in [0.717, 1.165) is 38.8 Å². The molecule has 1 saturated heterocycles. The van der Waals surface area contributed by atoms with E-state index < -0.39 is 10.2 Å². The van der Waals surface area contributed by atoms with Gasteiger partial charge in [-0.1, -0.05) is 34.1 Å². The fourth-order valence-corrected chi connectivity index (χ4v) is 3.91. The summed E-state index contributed by atoms with van der Waals surface area (Å²) in [4.78, 5) is 0. The van der Waals surface area contributed by atoms with Gasteiger partial charge in [0.2, 0.25) is 0 Å². The molecular weight excluding hydrogens is 274 g/mol. The van der Waals surface area contributed by atoms with Gasteiger partial charge in [0.15, 0.2) is 0 Å². The summed E-state index contributed by atoms with van der Waals surface area (Å²) >= 11 is 0. The van der Waals surface area contributed by atoms with Crippen molar-refractivity contribution in [2.45, 2.75) is 59.4 Å². The maximum absolute atomic E-state index is 12.4. The lowest BCUT2D eigenvalue weighted by Gasteiger charge is -2.35. The lowest BCUT2D eigenvalue weighted by Crippen LogP contribution is -2.52. The van der Waals surface area contributed by atoms with Gasteiger partial charge in [0, 0.05) is 25.7 Å². The van der Waals surface area contributed by atoms with Crippen molar-refractivity contribution in [1.29, 1.82) is 0 Å². The van der Waals surface area contributed by atoms with Crippen molar-refractivity contribution >= 4 is 10.2 Å². The Kier molecular flexibility index (Phi) is 6.91. The van der Waals surface area contributed by atoms with Crippen molar-refractivity contribution in [3.63, 3.8) is 0 Å². The first-order chi connectivity index (χ1) is 9.26. The second kappa shape index (κ2) is 7.73. The van der Waals surface area contributed by atoms with Crippen molar-refractivity contribution in [2.24, 2.45) is 5.41 Å². The summed E-state index contributed by atoms with van der Waals surface area (Å²) < 4.78 is 29.3. The van der Waals surface area contributed by atoms with Crippen LogP contribution in [0, 0.1) is 5.41 Å². The van der Waals surface area contributed by atoms with E-state index in [2.05, 4.69) is 30.8 Å². The zero-order chi connectivity index (χ0) is 15.2. The average Bonchev–Trinajstić information content (AvgIpc) is 2.34. The van der Waals surface area contributed by atoms with Crippen LogP contribution in [0.5, 0.6) is 0 Å². The number of nitrogens with zero attached hydrogens (tertiary/aromatic N) is 1. The van der Waals surface area contributed by atoms with Gasteiger partial charge in [0.25, 0.3) is 10.2 Å². The van der Waals surface area contributed by atoms with Crippen LogP contribution in [0.3, 0.4) is 0 Å². The molecule has 120 valence electrons. The van der Waals surface area contributed by atoms with E-state index in [-0.39, 0.29) is 11.5 Å². The van der Waals surface area contributed by atoms with Crippen LogP contribution >= 0.6 is 0 Å². The maximum atomic E-state index is 12.4. The Morgan fingerprint density at radius 1 is 1.25 bits per heavy atom. The molecule has 0 aromatic heterocycles. The van der Waals surface area contributed by atoms with E-state index in [0.29, 0.717) is 13.1 Å². The molecule has 0 saturated carbocycles. The van der Waals surface area contributed by atoms with E-state index in [1.165, 1.54) is 0 Å². The molecule has 1 rings (SSSR count). The average molecular weight is 305 g/mol. The monoisotopic (exact) mass is 305 g/mol. The van der Waals surface area contributed by atoms with Crippen molar-refractivity contribution in [3.05, 3.63) is 0 Å². The minimum absolute atomic E-state index is 0.0934. The SMILES string of the molecule is CCNCC1CCCCN1S(=O)(=O)NCCC(C)(C)C. The van der Waals surface area contributed by atoms with Crippen LogP contribution in [0.1, 0.15) is 53.4 Å². The first-order valence-corrected chi connectivity index (χ1v) is 9.17. The van der Waals surface area contributed by atoms with Crippen LogP contribution in [-0.4, -0.2) is 44.9 Å². The third kappa shape index (κ3) is 6.08. The number of piperidine rings is 1. The predicted molar refractivity (Wildman–Crippen MR) is 83.9 cm³/mol. The molecule has 0 aromatic rings. The van der Waals surface area contributed by atoms with Gasteiger partial charge >= 0.3 is 0 Å². The smallest absolute Gasteiger partial charge is 0.279 e. The molecule has 0 amide bonds. The van der Waals surface area contributed by atoms with Gasteiger partial charge in [-0.2, -0.15) is 12.7 Å². The Bertz CT molecular complexity index is 376. The molecule has 0 aromatic carbocycles. The van der Waals surface area contributed by atoms with Crippen LogP contribution in [0.25, 0.3) is 0 Å². The fraction of sp³-hybridized carbons (Fsp3) is 1.00. The van der Waals surface area contributed by atoms with Gasteiger partial charge in [-0.15, -0.1) is 0 Å². The largest absolute Gasteiger partial charge is 0.315 e. The van der Waals surface area contributed by atoms with Gasteiger partial charge in [-0.05, 0) is 31.2 Å². The lowest BCUT2D eigenvalue weighted by molar-refractivity contribution is 0.243. The standard InChI is InChI=1S/C14H31N3O2S/c1-5-15-12-13-8-6-7-11-17(13)20(18,19)16-10-9-14(2,3)4/h13,15-16H,5-12H2,1-4H3. The Balaban J connectivity index is 2.58. The minimum Gasteiger partial charge on any atom is -0.315 e. The summed E-state index contributed by atoms with van der Waals surface area (Å²) in [6, 6.07) is 0.0934. The molecule has 1 unspecified atom stereocenters. The van der Waals surface area contributed by atoms with E-state index in [1.54, 1.807) is 4.31 Å². The van der Waals surface area contributed by atoms with Crippen LogP contribution in [-0.2, 0) is 10.2 Å². The Labute approximate surface area is 124 Å². The normalized spacial score (nSPS) is 22.1. The number of likely N-dealkylation sites (N-methyl/N-ethyl adjacent to an activating group) is 1. The molecule has 20 heavy (non-hydrogen) atoms. The van der Waals surface area contributed by atoms with Crippen LogP contribution in [0.4, 0.5) is 0 Å². The minimum atomic E-state index is -3.34. The molecule has 0 bridgehead atoms. The summed E-state index contributed by atoms with van der Waals surface area (Å²) in [5.41, 5.74) is 0.146. The second-order valence-corrected chi connectivity index (χ2v) is 8.49. The van der Waals surface area contributed by atoms with Crippen LogP contribution < -0.4 is 10.0 Å². The Hall–Kier alpha value is -0.170. The molecule has 0 radical (unpaired) electrons. The van der Waals surface area contributed by atoms with E-state index >= 15 is 0 Å². The molecule has 1 heterocycles. The summed E-state index contributed by atoms with van der Waals surface area (Å²) in [5, 5.41) is 3.27. The zero-order valence-corrected chi connectivity index (χ0v) is 14.2. The molecule has 1 aliphatic rings. The summed E-state index contributed by atoms with van der Waals surface area (Å²) in [6.07, 6.45) is 3.87. The van der Waals surface area contributed by atoms with Gasteiger partial charge in [0.1, 0.15) is 0 Å². The van der Waals surface area contributed by atoms with E-state index in [9.17, 15) is 8.42 Å². The van der Waals surface area contributed by atoms with Crippen molar-refractivity contribution in [2.75, 3.05) is 26.2 Å². The van der Waals surface area contributed by atoms with Gasteiger partial charge < -0.3 is 5.32 Å². The molecule has 5 nitrogen and oxygen atoms in total. The van der Waals surface area contributed by atoms with E-state index in [1.807, 2.05) is 6.92 Å². The molecule has 1 atom stereocenters. The molecule has 0 aliphatic carbocycles. The summed E-state index contributed by atoms with van der Waals surface area (Å²) in [6.45, 7) is 11.2. The second-order valence-electron chi connectivity index (χ2n) is 6.78. The third-order valence-corrected chi connectivity index (χ3v) is 5.34. The number of hydrogen-bond acceptors (Lipinski definition) is 3. The number of hydrogen-bond donors (Lipinski definition) is 2. The summed E-state index contributed by atoms with van der Waals surface area (Å²) in [5.74, 6) is 0. The highest BCUT2D eigenvalue weighted by Crippen LogP contribution is 2.20. The van der Waals surface area contributed by atoms with Crippen molar-refractivity contribution in [1.82, 2.24) is 14.3 Å². The highest BCUT2D eigenvalue weighted by molar-refractivity contribution is 7.87. The highest BCUT2D eigenvalue weighted by Gasteiger charge is 2.31. The van der Waals surface area contributed by atoms with Gasteiger partial charge in [-0.25, -0.2) is 4.72 Å². The van der Waals surface area contributed by atoms with Crippen molar-refractivity contribution < 1.29 is 8.42 Å². The van der Waals surface area contributed by atoms with Crippen molar-refractivity contribution in [3.8, 4) is 0 Å². The number of rotatable bonds is 7. The van der Waals surface area contributed by atoms with Gasteiger partial charge in [0.05, 0.1) is 0 Å². The van der Waals surface area contributed by atoms with Crippen LogP contribution in [0.2, 0.25) is 0 Å². The Morgan fingerprint density at radius 3 is 2.55 bits per heavy atom. The number of nitrogens with one attached hydrogen (secondary N) is 2. The lowest BCUT2D eigenvalue weighted by atomic mass is 9.93. The first kappa shape index (κ1) is 17.9. The molecule has 1 aliphatic heterocycles. The summed E-state index contributed by atoms with van der Waals surface area (Å²) in [7, 11) is -3.34. The maximum Gasteiger partial charge on any atom is 0.279 e. The predicted octanol–water partition coefficient (Wildman–Crippen LogP) is 1.72. The molecule has 6 heteroatoms. The highest BCUT2D eigenvalue weighted by atomic mass is 32.2. The quantitative estimate of drug-likeness (QED) is 0.753. The molecule has 2 N–H and O–H groups in total. The Morgan fingerprint density at radius 2 is 1.95 bits per heavy atom. The molecule has 1 fully saturated rings. The molecule has 0 spiro atoms.